The summed E-state index contributed by atoms with van der Waals surface area (Å²) in [5, 5.41) is 0. The molecule has 0 radical (unpaired) electrons. The van der Waals surface area contributed by atoms with Crippen LogP contribution < -0.4 is 0 Å². The summed E-state index contributed by atoms with van der Waals surface area (Å²) in [4.78, 5) is 2.57. The zero-order valence-electron chi connectivity index (χ0n) is 10.2. The number of hydrogen-bond donors (Lipinski definition) is 0. The molecule has 2 unspecified atom stereocenters. The second-order valence-corrected chi connectivity index (χ2v) is 6.09. The van der Waals surface area contributed by atoms with Crippen LogP contribution in [0.1, 0.15) is 18.9 Å². The summed E-state index contributed by atoms with van der Waals surface area (Å²) in [6, 6.07) is 8.74. The molecule has 1 nitrogen and oxygen atoms in total. The first kappa shape index (κ1) is 11.5. The van der Waals surface area contributed by atoms with E-state index in [9.17, 15) is 0 Å². The van der Waals surface area contributed by atoms with E-state index in [2.05, 4.69) is 58.1 Å². The molecule has 2 heteroatoms. The molecule has 0 amide bonds. The Kier molecular flexibility index (Phi) is 3.10. The van der Waals surface area contributed by atoms with E-state index in [1.807, 2.05) is 0 Å². The summed E-state index contributed by atoms with van der Waals surface area (Å²) < 4.78 is 1.16. The van der Waals surface area contributed by atoms with E-state index in [0.29, 0.717) is 0 Å². The molecule has 2 aliphatic rings. The van der Waals surface area contributed by atoms with E-state index in [4.69, 9.17) is 0 Å². The molecule has 1 aromatic carbocycles. The number of likely N-dealkylation sites (tertiary alicyclic amines) is 1. The Hall–Kier alpha value is -0.600. The van der Waals surface area contributed by atoms with Crippen LogP contribution in [0.4, 0.5) is 0 Å². The Labute approximate surface area is 112 Å². The van der Waals surface area contributed by atoms with Crippen LogP contribution in [0.25, 0.3) is 5.57 Å². The van der Waals surface area contributed by atoms with Gasteiger partial charge in [-0.05, 0) is 48.1 Å². The standard InChI is InChI=1S/C15H18BrN/c1-2-17-9-13-7-12(8-14(13)10-17)11-3-5-15(16)6-4-11/h3-7,13-14H,2,8-10H2,1H3. The van der Waals surface area contributed by atoms with Crippen molar-refractivity contribution in [2.24, 2.45) is 11.8 Å². The van der Waals surface area contributed by atoms with Crippen LogP contribution >= 0.6 is 15.9 Å². The molecular formula is C15H18BrN. The number of hydrogen-bond acceptors (Lipinski definition) is 1. The monoisotopic (exact) mass is 291 g/mol. The maximum absolute atomic E-state index is 3.49. The largest absolute Gasteiger partial charge is 0.303 e. The summed E-state index contributed by atoms with van der Waals surface area (Å²) >= 11 is 3.49. The van der Waals surface area contributed by atoms with Crippen LogP contribution in [0, 0.1) is 11.8 Å². The third-order valence-corrected chi connectivity index (χ3v) is 4.66. The molecule has 1 heterocycles. The molecule has 1 aliphatic heterocycles. The van der Waals surface area contributed by atoms with Gasteiger partial charge in [-0.25, -0.2) is 0 Å². The summed E-state index contributed by atoms with van der Waals surface area (Å²) in [7, 11) is 0. The molecule has 0 saturated carbocycles. The molecule has 0 spiro atoms. The van der Waals surface area contributed by atoms with Crippen LogP contribution in [0.2, 0.25) is 0 Å². The molecule has 2 atom stereocenters. The predicted molar refractivity (Wildman–Crippen MR) is 75.8 cm³/mol. The van der Waals surface area contributed by atoms with Crippen molar-refractivity contribution in [1.82, 2.24) is 4.90 Å². The third-order valence-electron chi connectivity index (χ3n) is 4.13. The van der Waals surface area contributed by atoms with Gasteiger partial charge >= 0.3 is 0 Å². The lowest BCUT2D eigenvalue weighted by Crippen LogP contribution is -2.20. The Balaban J connectivity index is 1.77. The van der Waals surface area contributed by atoms with Gasteiger partial charge in [-0.1, -0.05) is 41.1 Å². The third kappa shape index (κ3) is 2.21. The van der Waals surface area contributed by atoms with Gasteiger partial charge < -0.3 is 4.90 Å². The second kappa shape index (κ2) is 4.58. The highest BCUT2D eigenvalue weighted by Gasteiger charge is 2.35. The average molecular weight is 292 g/mol. The van der Waals surface area contributed by atoms with Gasteiger partial charge in [-0.3, -0.25) is 0 Å². The molecule has 0 bridgehead atoms. The smallest absolute Gasteiger partial charge is 0.0175 e. The minimum atomic E-state index is 0.800. The van der Waals surface area contributed by atoms with Crippen molar-refractivity contribution in [2.45, 2.75) is 13.3 Å². The van der Waals surface area contributed by atoms with Crippen molar-refractivity contribution in [3.63, 3.8) is 0 Å². The quantitative estimate of drug-likeness (QED) is 0.801. The molecule has 1 saturated heterocycles. The number of fused-ring (bicyclic) bond motifs is 1. The molecular weight excluding hydrogens is 274 g/mol. The van der Waals surface area contributed by atoms with Crippen molar-refractivity contribution < 1.29 is 0 Å². The average Bonchev–Trinajstić information content (AvgIpc) is 2.87. The lowest BCUT2D eigenvalue weighted by molar-refractivity contribution is 0.341. The zero-order valence-corrected chi connectivity index (χ0v) is 11.8. The van der Waals surface area contributed by atoms with Gasteiger partial charge in [0.25, 0.3) is 0 Å². The first-order chi connectivity index (χ1) is 8.26. The van der Waals surface area contributed by atoms with Crippen molar-refractivity contribution >= 4 is 21.5 Å². The first-order valence-corrected chi connectivity index (χ1v) is 7.24. The molecule has 17 heavy (non-hydrogen) atoms. The first-order valence-electron chi connectivity index (χ1n) is 6.45. The van der Waals surface area contributed by atoms with Gasteiger partial charge in [0.2, 0.25) is 0 Å². The number of halogens is 1. The fourth-order valence-corrected chi connectivity index (χ4v) is 3.40. The summed E-state index contributed by atoms with van der Waals surface area (Å²) in [5.41, 5.74) is 2.97. The van der Waals surface area contributed by atoms with Gasteiger partial charge in [-0.2, -0.15) is 0 Å². The Bertz CT molecular complexity index is 435. The van der Waals surface area contributed by atoms with E-state index >= 15 is 0 Å². The van der Waals surface area contributed by atoms with E-state index in [-0.39, 0.29) is 0 Å². The fraction of sp³-hybridized carbons (Fsp3) is 0.467. The number of allylic oxidation sites excluding steroid dienone is 1. The van der Waals surface area contributed by atoms with Crippen LogP contribution in [-0.2, 0) is 0 Å². The van der Waals surface area contributed by atoms with Crippen LogP contribution in [0.3, 0.4) is 0 Å². The highest BCUT2D eigenvalue weighted by atomic mass is 79.9. The number of rotatable bonds is 2. The topological polar surface area (TPSA) is 3.24 Å². The van der Waals surface area contributed by atoms with Crippen molar-refractivity contribution in [2.75, 3.05) is 19.6 Å². The van der Waals surface area contributed by atoms with E-state index in [1.54, 1.807) is 5.57 Å². The lowest BCUT2D eigenvalue weighted by atomic mass is 9.98. The van der Waals surface area contributed by atoms with E-state index in [0.717, 1.165) is 16.3 Å². The number of benzene rings is 1. The van der Waals surface area contributed by atoms with Crippen molar-refractivity contribution in [3.8, 4) is 0 Å². The maximum Gasteiger partial charge on any atom is 0.0175 e. The Morgan fingerprint density at radius 2 is 2.00 bits per heavy atom. The zero-order chi connectivity index (χ0) is 11.8. The van der Waals surface area contributed by atoms with Gasteiger partial charge in [-0.15, -0.1) is 0 Å². The number of nitrogens with zero attached hydrogens (tertiary/aromatic N) is 1. The minimum absolute atomic E-state index is 0.800. The molecule has 0 aromatic heterocycles. The molecule has 1 aliphatic carbocycles. The second-order valence-electron chi connectivity index (χ2n) is 5.18. The molecule has 1 aromatic rings. The predicted octanol–water partition coefficient (Wildman–Crippen LogP) is 3.80. The summed E-state index contributed by atoms with van der Waals surface area (Å²) in [6.07, 6.45) is 3.78. The van der Waals surface area contributed by atoms with E-state index < -0.39 is 0 Å². The van der Waals surface area contributed by atoms with Crippen LogP contribution in [0.15, 0.2) is 34.8 Å². The normalized spacial score (nSPS) is 28.2. The minimum Gasteiger partial charge on any atom is -0.303 e. The van der Waals surface area contributed by atoms with E-state index in [1.165, 1.54) is 31.6 Å². The van der Waals surface area contributed by atoms with Gasteiger partial charge in [0.15, 0.2) is 0 Å². The maximum atomic E-state index is 3.49. The lowest BCUT2D eigenvalue weighted by Gasteiger charge is -2.13. The summed E-state index contributed by atoms with van der Waals surface area (Å²) in [6.45, 7) is 6.02. The fourth-order valence-electron chi connectivity index (χ4n) is 3.14. The van der Waals surface area contributed by atoms with Gasteiger partial charge in [0.1, 0.15) is 0 Å². The van der Waals surface area contributed by atoms with Crippen molar-refractivity contribution in [3.05, 3.63) is 40.4 Å². The summed E-state index contributed by atoms with van der Waals surface area (Å²) in [5.74, 6) is 1.67. The molecule has 0 N–H and O–H groups in total. The van der Waals surface area contributed by atoms with Crippen LogP contribution in [0.5, 0.6) is 0 Å². The Morgan fingerprint density at radius 3 is 2.65 bits per heavy atom. The van der Waals surface area contributed by atoms with Crippen molar-refractivity contribution in [1.29, 1.82) is 0 Å². The highest BCUT2D eigenvalue weighted by Crippen LogP contribution is 2.40. The highest BCUT2D eigenvalue weighted by molar-refractivity contribution is 9.10. The van der Waals surface area contributed by atoms with Gasteiger partial charge in [0, 0.05) is 17.6 Å². The SMILES string of the molecule is CCN1CC2C=C(c3ccc(Br)cc3)CC2C1. The molecule has 90 valence electrons. The molecule has 3 rings (SSSR count). The Morgan fingerprint density at radius 1 is 1.24 bits per heavy atom. The molecule has 1 fully saturated rings. The van der Waals surface area contributed by atoms with Crippen LogP contribution in [-0.4, -0.2) is 24.5 Å². The van der Waals surface area contributed by atoms with Gasteiger partial charge in [0.05, 0.1) is 0 Å².